The molecule has 0 amide bonds. The molecule has 0 aromatic rings. The molecule has 0 saturated carbocycles. The lowest BCUT2D eigenvalue weighted by Gasteiger charge is -2.41. The molecule has 0 spiro atoms. The molecule has 0 aliphatic rings. The Balaban J connectivity index is 5.55. The molecular weight excluding hydrogens is 532 g/mol. The van der Waals surface area contributed by atoms with Crippen molar-refractivity contribution in [2.45, 2.75) is 81.0 Å². The molecule has 214 valence electrons. The highest BCUT2D eigenvalue weighted by molar-refractivity contribution is 5.87. The van der Waals surface area contributed by atoms with Gasteiger partial charge in [-0.05, 0) is 19.3 Å². The van der Waals surface area contributed by atoms with E-state index in [0.29, 0.717) is 12.8 Å². The van der Waals surface area contributed by atoms with E-state index in [2.05, 4.69) is 11.3 Å². The number of ether oxygens (including phenoxy) is 2. The number of carbonyl (C=O) groups excluding carboxylic acids is 1. The summed E-state index contributed by atoms with van der Waals surface area (Å²) in [6, 6.07) is 0. The zero-order chi connectivity index (χ0) is 28.6. The van der Waals surface area contributed by atoms with Crippen LogP contribution in [0.1, 0.15) is 45.4 Å². The van der Waals surface area contributed by atoms with Gasteiger partial charge < -0.3 is 14.6 Å². The van der Waals surface area contributed by atoms with Gasteiger partial charge in [-0.1, -0.05) is 19.9 Å². The number of alkyl halides is 12. The van der Waals surface area contributed by atoms with Crippen LogP contribution >= 0.6 is 0 Å². The van der Waals surface area contributed by atoms with E-state index in [1.165, 1.54) is 0 Å². The highest BCUT2D eigenvalue weighted by atomic mass is 19.4. The molecule has 0 radical (unpaired) electrons. The van der Waals surface area contributed by atoms with Gasteiger partial charge in [0.25, 0.3) is 0 Å². The van der Waals surface area contributed by atoms with Gasteiger partial charge in [0, 0.05) is 26.1 Å². The monoisotopic (exact) mass is 558 g/mol. The lowest BCUT2D eigenvalue weighted by Crippen LogP contribution is -2.70. The molecule has 0 rings (SSSR count). The van der Waals surface area contributed by atoms with Crippen molar-refractivity contribution in [1.82, 2.24) is 0 Å². The number of esters is 1. The molecular formula is C20H26F12O4. The Morgan fingerprint density at radius 1 is 0.694 bits per heavy atom. The van der Waals surface area contributed by atoms with Crippen molar-refractivity contribution in [1.29, 1.82) is 0 Å². The van der Waals surface area contributed by atoms with Gasteiger partial charge in [0.1, 0.15) is 0 Å². The van der Waals surface area contributed by atoms with Crippen molar-refractivity contribution in [3.63, 3.8) is 0 Å². The molecule has 0 saturated heterocycles. The molecule has 4 nitrogen and oxygen atoms in total. The normalized spacial score (nSPS) is 14.2. The number of hydrogen-bond acceptors (Lipinski definition) is 4. The third kappa shape index (κ3) is 7.19. The van der Waals surface area contributed by atoms with Crippen LogP contribution in [-0.4, -0.2) is 73.0 Å². The van der Waals surface area contributed by atoms with Gasteiger partial charge in [-0.15, -0.1) is 0 Å². The molecule has 0 aromatic heterocycles. The summed E-state index contributed by atoms with van der Waals surface area (Å²) in [4.78, 5) is 11.1. The lowest BCUT2D eigenvalue weighted by atomic mass is 9.89. The van der Waals surface area contributed by atoms with Crippen molar-refractivity contribution in [2.24, 2.45) is 0 Å². The maximum atomic E-state index is 13.9. The first-order valence-electron chi connectivity index (χ1n) is 10.5. The molecule has 0 heterocycles. The lowest BCUT2D eigenvalue weighted by molar-refractivity contribution is -0.425. The maximum absolute atomic E-state index is 13.9. The van der Waals surface area contributed by atoms with E-state index >= 15 is 0 Å². The highest BCUT2D eigenvalue weighted by Gasteiger charge is 2.89. The predicted octanol–water partition coefficient (Wildman–Crippen LogP) is 6.27. The van der Waals surface area contributed by atoms with Gasteiger partial charge in [-0.2, -0.15) is 52.7 Å². The zero-order valence-electron chi connectivity index (χ0n) is 19.0. The van der Waals surface area contributed by atoms with E-state index in [-0.39, 0.29) is 6.61 Å². The fourth-order valence-electron chi connectivity index (χ4n) is 2.54. The first kappa shape index (κ1) is 34.3. The smallest absolute Gasteiger partial charge is 0.384 e. The van der Waals surface area contributed by atoms with E-state index in [9.17, 15) is 57.5 Å². The molecule has 0 bridgehead atoms. The predicted molar refractivity (Wildman–Crippen MR) is 101 cm³/mol. The SMILES string of the molecule is C=C(CO)C(=O)OCCCC(F)(F)C(F)(F)C(F)(F)C(F)(F)C(F)(F)C(F)(F)CCCOCCCC. The fourth-order valence-corrected chi connectivity index (χ4v) is 2.54. The summed E-state index contributed by atoms with van der Waals surface area (Å²) in [5.74, 6) is -43.2. The summed E-state index contributed by atoms with van der Waals surface area (Å²) >= 11 is 0. The minimum absolute atomic E-state index is 0.0105. The topological polar surface area (TPSA) is 55.8 Å². The number of aliphatic hydroxyl groups excluding tert-OH is 1. The Morgan fingerprint density at radius 3 is 1.47 bits per heavy atom. The number of unbranched alkanes of at least 4 members (excludes halogenated alkanes) is 1. The Hall–Kier alpha value is -1.71. The molecule has 36 heavy (non-hydrogen) atoms. The molecule has 0 aliphatic heterocycles. The summed E-state index contributed by atoms with van der Waals surface area (Å²) in [6.07, 6.45) is -5.97. The van der Waals surface area contributed by atoms with E-state index in [4.69, 9.17) is 9.84 Å². The summed E-state index contributed by atoms with van der Waals surface area (Å²) in [6.45, 7) is 1.88. The number of rotatable bonds is 18. The maximum Gasteiger partial charge on any atom is 0.384 e. The van der Waals surface area contributed by atoms with Crippen molar-refractivity contribution in [2.75, 3.05) is 26.4 Å². The van der Waals surface area contributed by atoms with Crippen molar-refractivity contribution >= 4 is 5.97 Å². The summed E-state index contributed by atoms with van der Waals surface area (Å²) in [5.41, 5.74) is -0.603. The van der Waals surface area contributed by atoms with Crippen LogP contribution in [0.4, 0.5) is 52.7 Å². The van der Waals surface area contributed by atoms with E-state index < -0.39 is 92.6 Å². The van der Waals surface area contributed by atoms with Gasteiger partial charge in [0.2, 0.25) is 0 Å². The minimum Gasteiger partial charge on any atom is -0.462 e. The number of aliphatic hydroxyl groups is 1. The first-order chi connectivity index (χ1) is 16.2. The average Bonchev–Trinajstić information content (AvgIpc) is 2.77. The van der Waals surface area contributed by atoms with E-state index in [1.807, 2.05) is 0 Å². The zero-order valence-corrected chi connectivity index (χ0v) is 19.0. The molecule has 0 atom stereocenters. The second-order valence-corrected chi connectivity index (χ2v) is 7.78. The van der Waals surface area contributed by atoms with Gasteiger partial charge >= 0.3 is 41.5 Å². The Labute approximate surface area is 198 Å². The van der Waals surface area contributed by atoms with Crippen LogP contribution in [0.5, 0.6) is 0 Å². The number of hydrogen-bond donors (Lipinski definition) is 1. The van der Waals surface area contributed by atoms with Crippen molar-refractivity contribution in [3.05, 3.63) is 12.2 Å². The quantitative estimate of drug-likeness (QED) is 0.0934. The highest BCUT2D eigenvalue weighted by Crippen LogP contribution is 2.61. The second kappa shape index (κ2) is 12.7. The Kier molecular flexibility index (Phi) is 12.1. The molecule has 0 aliphatic carbocycles. The number of halogens is 12. The van der Waals surface area contributed by atoms with Gasteiger partial charge in [0.05, 0.1) is 18.8 Å². The molecule has 16 heteroatoms. The van der Waals surface area contributed by atoms with Crippen molar-refractivity contribution < 1.29 is 72.1 Å². The fraction of sp³-hybridized carbons (Fsp3) is 0.850. The average molecular weight is 558 g/mol. The Morgan fingerprint density at radius 2 is 1.08 bits per heavy atom. The van der Waals surface area contributed by atoms with Crippen LogP contribution in [0, 0.1) is 0 Å². The van der Waals surface area contributed by atoms with Crippen molar-refractivity contribution in [3.8, 4) is 0 Å². The summed E-state index contributed by atoms with van der Waals surface area (Å²) in [7, 11) is 0. The first-order valence-corrected chi connectivity index (χ1v) is 10.5. The molecule has 0 aromatic carbocycles. The van der Waals surface area contributed by atoms with Crippen LogP contribution in [0.15, 0.2) is 12.2 Å². The molecule has 0 fully saturated rings. The van der Waals surface area contributed by atoms with Gasteiger partial charge in [0.15, 0.2) is 0 Å². The summed E-state index contributed by atoms with van der Waals surface area (Å²) < 4.78 is 175. The Bertz CT molecular complexity index is 725. The third-order valence-electron chi connectivity index (χ3n) is 4.87. The van der Waals surface area contributed by atoms with E-state index in [1.54, 1.807) is 6.92 Å². The van der Waals surface area contributed by atoms with Crippen LogP contribution in [-0.2, 0) is 14.3 Å². The molecule has 1 N–H and O–H groups in total. The van der Waals surface area contributed by atoms with Crippen LogP contribution in [0.25, 0.3) is 0 Å². The number of carbonyl (C=O) groups is 1. The largest absolute Gasteiger partial charge is 0.462 e. The third-order valence-corrected chi connectivity index (χ3v) is 4.87. The molecule has 0 unspecified atom stereocenters. The minimum atomic E-state index is -7.64. The second-order valence-electron chi connectivity index (χ2n) is 7.78. The van der Waals surface area contributed by atoms with E-state index in [0.717, 1.165) is 0 Å². The van der Waals surface area contributed by atoms with Gasteiger partial charge in [-0.3, -0.25) is 0 Å². The van der Waals surface area contributed by atoms with Gasteiger partial charge in [-0.25, -0.2) is 4.79 Å². The van der Waals surface area contributed by atoms with Crippen LogP contribution < -0.4 is 0 Å². The van der Waals surface area contributed by atoms with Crippen LogP contribution in [0.3, 0.4) is 0 Å². The van der Waals surface area contributed by atoms with Crippen LogP contribution in [0.2, 0.25) is 0 Å². The summed E-state index contributed by atoms with van der Waals surface area (Å²) in [5, 5.41) is 8.58. The standard InChI is InChI=1S/C20H26F12O4/c1-3-4-9-35-10-5-7-15(21,22)17(25,26)19(29,30)20(31,32)18(27,28)16(23,24)8-6-11-36-14(34)13(2)12-33/h33H,2-12H2,1H3.